The third kappa shape index (κ3) is 1.82. The lowest BCUT2D eigenvalue weighted by Gasteiger charge is -2.04. The van der Waals surface area contributed by atoms with Gasteiger partial charge in [0.15, 0.2) is 11.5 Å². The molecule has 0 heterocycles. The molecular formula is C10H2N4O2. The first-order valence-corrected chi connectivity index (χ1v) is 3.87. The first-order valence-electron chi connectivity index (χ1n) is 3.87. The van der Waals surface area contributed by atoms with Crippen molar-refractivity contribution in [3.05, 3.63) is 23.3 Å². The number of nitrogens with zero attached hydrogens (tertiary/aromatic N) is 4. The molecule has 0 aliphatic heterocycles. The van der Waals surface area contributed by atoms with Gasteiger partial charge in [0.1, 0.15) is 23.3 Å². The fourth-order valence-corrected chi connectivity index (χ4v) is 1.05. The van der Waals surface area contributed by atoms with Crippen molar-refractivity contribution in [3.8, 4) is 36.1 Å². The molecule has 0 saturated heterocycles. The van der Waals surface area contributed by atoms with Gasteiger partial charge in [0.2, 0.25) is 0 Å². The van der Waals surface area contributed by atoms with Gasteiger partial charge in [-0.15, -0.1) is 10.5 Å². The Morgan fingerprint density at radius 1 is 0.750 bits per heavy atom. The number of ether oxygens (including phenoxy) is 2. The molecule has 0 fully saturated rings. The quantitative estimate of drug-likeness (QED) is 0.676. The summed E-state index contributed by atoms with van der Waals surface area (Å²) >= 11 is 0. The Balaban J connectivity index is 3.45. The van der Waals surface area contributed by atoms with Crippen LogP contribution in [0.25, 0.3) is 0 Å². The number of benzene rings is 1. The second-order valence-electron chi connectivity index (χ2n) is 2.42. The van der Waals surface area contributed by atoms with E-state index in [9.17, 15) is 0 Å². The average Bonchev–Trinajstić information content (AvgIpc) is 2.31. The van der Waals surface area contributed by atoms with Gasteiger partial charge in [-0.25, -0.2) is 0 Å². The van der Waals surface area contributed by atoms with Crippen molar-refractivity contribution >= 4 is 0 Å². The Hall–Kier alpha value is -3.22. The third-order valence-electron chi connectivity index (χ3n) is 1.66. The largest absolute Gasteiger partial charge is 0.387 e. The molecule has 16 heavy (non-hydrogen) atoms. The van der Waals surface area contributed by atoms with E-state index in [0.29, 0.717) is 0 Å². The summed E-state index contributed by atoms with van der Waals surface area (Å²) in [5.41, 5.74) is -0.284. The van der Waals surface area contributed by atoms with Gasteiger partial charge in [-0.3, -0.25) is 0 Å². The van der Waals surface area contributed by atoms with Gasteiger partial charge in [-0.1, -0.05) is 0 Å². The molecule has 0 amide bonds. The molecule has 0 unspecified atom stereocenters. The Morgan fingerprint density at radius 2 is 1.12 bits per heavy atom. The van der Waals surface area contributed by atoms with Crippen LogP contribution >= 0.6 is 0 Å². The van der Waals surface area contributed by atoms with Crippen molar-refractivity contribution in [1.29, 1.82) is 21.0 Å². The second kappa shape index (κ2) is 4.86. The third-order valence-corrected chi connectivity index (χ3v) is 1.66. The number of hydrogen-bond acceptors (Lipinski definition) is 6. The molecule has 1 aromatic rings. The van der Waals surface area contributed by atoms with Gasteiger partial charge >= 0.3 is 0 Å². The maximum atomic E-state index is 8.82. The molecule has 0 aliphatic rings. The van der Waals surface area contributed by atoms with Crippen molar-refractivity contribution in [3.63, 3.8) is 0 Å². The predicted molar refractivity (Wildman–Crippen MR) is 48.4 cm³/mol. The first kappa shape index (κ1) is 10.9. The molecule has 0 bridgehead atoms. The Morgan fingerprint density at radius 3 is 1.38 bits per heavy atom. The van der Waals surface area contributed by atoms with Crippen molar-refractivity contribution in [1.82, 2.24) is 0 Å². The van der Waals surface area contributed by atoms with E-state index in [4.69, 9.17) is 21.0 Å². The van der Waals surface area contributed by atoms with Gasteiger partial charge in [-0.05, 0) is 12.1 Å². The lowest BCUT2D eigenvalue weighted by atomic mass is 10.1. The minimum Gasteiger partial charge on any atom is -0.387 e. The molecule has 0 aromatic heterocycles. The highest BCUT2D eigenvalue weighted by Crippen LogP contribution is 2.29. The molecule has 0 atom stereocenters. The van der Waals surface area contributed by atoms with E-state index >= 15 is 0 Å². The van der Waals surface area contributed by atoms with Crippen LogP contribution < -0.4 is 9.47 Å². The standard InChI is InChI=1S/C10H2N4O2/c11-3-7-8(4-12)10(16-6-14)2-1-9(7)15-5-13/h1-2H. The fraction of sp³-hybridized carbons (Fsp3) is 0. The fourth-order valence-electron chi connectivity index (χ4n) is 1.05. The van der Waals surface area contributed by atoms with Crippen molar-refractivity contribution in [2.75, 3.05) is 0 Å². The van der Waals surface area contributed by atoms with Gasteiger partial charge in [0.25, 0.3) is 12.5 Å². The molecule has 6 nitrogen and oxygen atoms in total. The summed E-state index contributed by atoms with van der Waals surface area (Å²) in [6.45, 7) is 0. The maximum Gasteiger partial charge on any atom is 0.292 e. The zero-order valence-electron chi connectivity index (χ0n) is 7.76. The summed E-state index contributed by atoms with van der Waals surface area (Å²) in [6, 6.07) is 5.97. The number of hydrogen-bond donors (Lipinski definition) is 0. The lowest BCUT2D eigenvalue weighted by molar-refractivity contribution is 0.490. The van der Waals surface area contributed by atoms with Crippen LogP contribution in [0.15, 0.2) is 12.1 Å². The van der Waals surface area contributed by atoms with Crippen molar-refractivity contribution < 1.29 is 9.47 Å². The molecule has 0 saturated carbocycles. The summed E-state index contributed by atoms with van der Waals surface area (Å²) in [5.74, 6) is -0.0984. The summed E-state index contributed by atoms with van der Waals surface area (Å²) in [6.07, 6.45) is 2.79. The predicted octanol–water partition coefficient (Wildman–Crippen LogP) is 1.15. The average molecular weight is 210 g/mol. The van der Waals surface area contributed by atoms with E-state index in [1.54, 1.807) is 12.1 Å². The Kier molecular flexibility index (Phi) is 3.30. The number of nitriles is 4. The minimum absolute atomic E-state index is 0.0492. The molecule has 6 heteroatoms. The van der Waals surface area contributed by atoms with Crippen LogP contribution in [0, 0.1) is 45.7 Å². The molecule has 1 aromatic carbocycles. The molecule has 0 aliphatic carbocycles. The Bertz CT molecular complexity index is 528. The van der Waals surface area contributed by atoms with E-state index in [1.807, 2.05) is 0 Å². The van der Waals surface area contributed by atoms with Gasteiger partial charge in [0.05, 0.1) is 0 Å². The number of rotatable bonds is 2. The van der Waals surface area contributed by atoms with Crippen molar-refractivity contribution in [2.24, 2.45) is 0 Å². The highest BCUT2D eigenvalue weighted by Gasteiger charge is 2.15. The van der Waals surface area contributed by atoms with E-state index in [2.05, 4.69) is 9.47 Å². The highest BCUT2D eigenvalue weighted by molar-refractivity contribution is 5.60. The summed E-state index contributed by atoms with van der Waals surface area (Å²) < 4.78 is 8.99. The van der Waals surface area contributed by atoms with Crippen LogP contribution in [-0.2, 0) is 0 Å². The first-order chi connectivity index (χ1) is 7.78. The molecule has 1 rings (SSSR count). The van der Waals surface area contributed by atoms with Crippen LogP contribution in [0.5, 0.6) is 11.5 Å². The zero-order valence-corrected chi connectivity index (χ0v) is 7.76. The Labute approximate surface area is 90.7 Å². The molecular weight excluding hydrogens is 208 g/mol. The smallest absolute Gasteiger partial charge is 0.292 e. The normalized spacial score (nSPS) is 7.75. The van der Waals surface area contributed by atoms with Crippen LogP contribution in [0.4, 0.5) is 0 Å². The molecule has 0 N–H and O–H groups in total. The van der Waals surface area contributed by atoms with E-state index in [0.717, 1.165) is 0 Å². The van der Waals surface area contributed by atoms with Crippen LogP contribution in [-0.4, -0.2) is 0 Å². The summed E-state index contributed by atoms with van der Waals surface area (Å²) in [4.78, 5) is 0. The highest BCUT2D eigenvalue weighted by atomic mass is 16.5. The zero-order chi connectivity index (χ0) is 12.0. The lowest BCUT2D eigenvalue weighted by Crippen LogP contribution is -1.95. The van der Waals surface area contributed by atoms with Crippen LogP contribution in [0.2, 0.25) is 0 Å². The second-order valence-corrected chi connectivity index (χ2v) is 2.42. The van der Waals surface area contributed by atoms with Crippen LogP contribution in [0.3, 0.4) is 0 Å². The topological polar surface area (TPSA) is 114 Å². The maximum absolute atomic E-state index is 8.82. The van der Waals surface area contributed by atoms with Crippen molar-refractivity contribution in [2.45, 2.75) is 0 Å². The monoisotopic (exact) mass is 210 g/mol. The van der Waals surface area contributed by atoms with E-state index in [1.165, 1.54) is 24.6 Å². The molecule has 74 valence electrons. The summed E-state index contributed by atoms with van der Waals surface area (Å²) in [5, 5.41) is 34.3. The van der Waals surface area contributed by atoms with Gasteiger partial charge in [-0.2, -0.15) is 10.5 Å². The molecule has 0 spiro atoms. The minimum atomic E-state index is -0.142. The van der Waals surface area contributed by atoms with Gasteiger partial charge < -0.3 is 9.47 Å². The summed E-state index contributed by atoms with van der Waals surface area (Å²) in [7, 11) is 0. The van der Waals surface area contributed by atoms with Crippen LogP contribution in [0.1, 0.15) is 11.1 Å². The SMILES string of the molecule is N#COc1ccc(OC#N)c(C#N)c1C#N. The van der Waals surface area contributed by atoms with E-state index in [-0.39, 0.29) is 22.6 Å². The van der Waals surface area contributed by atoms with Gasteiger partial charge in [0, 0.05) is 0 Å². The van der Waals surface area contributed by atoms with E-state index < -0.39 is 0 Å². The molecule has 0 radical (unpaired) electrons.